The van der Waals surface area contributed by atoms with E-state index < -0.39 is 0 Å². The molecule has 110 valence electrons. The SMILES string of the molecule is Cc1ccc(CC(=O)NCC2(C)CCNCC2)cc1C. The molecule has 1 aliphatic rings. The molecule has 0 aromatic heterocycles. The Morgan fingerprint density at radius 1 is 1.25 bits per heavy atom. The Balaban J connectivity index is 1.84. The molecule has 0 spiro atoms. The number of carbonyl (C=O) groups is 1. The van der Waals surface area contributed by atoms with Gasteiger partial charge in [-0.2, -0.15) is 0 Å². The Hall–Kier alpha value is -1.35. The van der Waals surface area contributed by atoms with Gasteiger partial charge in [0.1, 0.15) is 0 Å². The molecule has 0 aliphatic carbocycles. The summed E-state index contributed by atoms with van der Waals surface area (Å²) >= 11 is 0. The largest absolute Gasteiger partial charge is 0.355 e. The fraction of sp³-hybridized carbons (Fsp3) is 0.588. The topological polar surface area (TPSA) is 41.1 Å². The van der Waals surface area contributed by atoms with Crippen LogP contribution in [0.15, 0.2) is 18.2 Å². The summed E-state index contributed by atoms with van der Waals surface area (Å²) < 4.78 is 0. The van der Waals surface area contributed by atoms with Gasteiger partial charge in [0, 0.05) is 6.54 Å². The summed E-state index contributed by atoms with van der Waals surface area (Å²) in [6.45, 7) is 9.36. The van der Waals surface area contributed by atoms with Crippen LogP contribution >= 0.6 is 0 Å². The van der Waals surface area contributed by atoms with E-state index in [1.807, 2.05) is 6.07 Å². The number of piperidine rings is 1. The molecule has 1 aliphatic heterocycles. The summed E-state index contributed by atoms with van der Waals surface area (Å²) in [6, 6.07) is 6.25. The lowest BCUT2D eigenvalue weighted by Crippen LogP contribution is -2.43. The highest BCUT2D eigenvalue weighted by Gasteiger charge is 2.26. The molecule has 1 aromatic rings. The van der Waals surface area contributed by atoms with Gasteiger partial charge < -0.3 is 10.6 Å². The van der Waals surface area contributed by atoms with Crippen molar-refractivity contribution in [1.82, 2.24) is 10.6 Å². The number of hydrogen-bond acceptors (Lipinski definition) is 2. The van der Waals surface area contributed by atoms with Gasteiger partial charge in [-0.1, -0.05) is 25.1 Å². The van der Waals surface area contributed by atoms with Gasteiger partial charge in [-0.3, -0.25) is 4.79 Å². The second-order valence-electron chi connectivity index (χ2n) is 6.43. The zero-order chi connectivity index (χ0) is 14.6. The molecular formula is C17H26N2O. The second-order valence-corrected chi connectivity index (χ2v) is 6.43. The van der Waals surface area contributed by atoms with Crippen molar-refractivity contribution in [2.75, 3.05) is 19.6 Å². The van der Waals surface area contributed by atoms with Crippen LogP contribution in [0.4, 0.5) is 0 Å². The fourth-order valence-electron chi connectivity index (χ4n) is 2.68. The molecule has 2 rings (SSSR count). The van der Waals surface area contributed by atoms with E-state index in [2.05, 4.69) is 43.5 Å². The van der Waals surface area contributed by atoms with Crippen molar-refractivity contribution in [1.29, 1.82) is 0 Å². The Kier molecular flexibility index (Phi) is 4.81. The summed E-state index contributed by atoms with van der Waals surface area (Å²) in [4.78, 5) is 12.1. The number of hydrogen-bond donors (Lipinski definition) is 2. The summed E-state index contributed by atoms with van der Waals surface area (Å²) in [6.07, 6.45) is 2.75. The van der Waals surface area contributed by atoms with Gasteiger partial charge in [-0.05, 0) is 61.9 Å². The first kappa shape index (κ1) is 15.0. The maximum atomic E-state index is 12.1. The van der Waals surface area contributed by atoms with Crippen LogP contribution in [-0.2, 0) is 11.2 Å². The van der Waals surface area contributed by atoms with Gasteiger partial charge in [0.2, 0.25) is 5.91 Å². The predicted molar refractivity (Wildman–Crippen MR) is 82.8 cm³/mol. The molecule has 3 nitrogen and oxygen atoms in total. The Morgan fingerprint density at radius 3 is 2.60 bits per heavy atom. The van der Waals surface area contributed by atoms with Gasteiger partial charge >= 0.3 is 0 Å². The molecule has 0 unspecified atom stereocenters. The second kappa shape index (κ2) is 6.40. The van der Waals surface area contributed by atoms with E-state index in [-0.39, 0.29) is 11.3 Å². The number of nitrogens with one attached hydrogen (secondary N) is 2. The maximum Gasteiger partial charge on any atom is 0.224 e. The highest BCUT2D eigenvalue weighted by Crippen LogP contribution is 2.26. The van der Waals surface area contributed by atoms with Crippen molar-refractivity contribution in [3.8, 4) is 0 Å². The number of aryl methyl sites for hydroxylation is 2. The Labute approximate surface area is 122 Å². The van der Waals surface area contributed by atoms with E-state index >= 15 is 0 Å². The van der Waals surface area contributed by atoms with Crippen molar-refractivity contribution >= 4 is 5.91 Å². The molecule has 1 amide bonds. The molecular weight excluding hydrogens is 248 g/mol. The average molecular weight is 274 g/mol. The average Bonchev–Trinajstić information content (AvgIpc) is 2.42. The van der Waals surface area contributed by atoms with Crippen LogP contribution in [0.1, 0.15) is 36.5 Å². The fourth-order valence-corrected chi connectivity index (χ4v) is 2.68. The molecule has 0 radical (unpaired) electrons. The van der Waals surface area contributed by atoms with E-state index in [4.69, 9.17) is 0 Å². The predicted octanol–water partition coefficient (Wildman–Crippen LogP) is 2.35. The quantitative estimate of drug-likeness (QED) is 0.885. The van der Waals surface area contributed by atoms with E-state index in [1.54, 1.807) is 0 Å². The lowest BCUT2D eigenvalue weighted by molar-refractivity contribution is -0.121. The zero-order valence-electron chi connectivity index (χ0n) is 12.9. The van der Waals surface area contributed by atoms with Crippen molar-refractivity contribution in [2.45, 2.75) is 40.0 Å². The lowest BCUT2D eigenvalue weighted by Gasteiger charge is -2.34. The molecule has 2 N–H and O–H groups in total. The summed E-state index contributed by atoms with van der Waals surface area (Å²) in [5, 5.41) is 6.47. The van der Waals surface area contributed by atoms with E-state index in [0.29, 0.717) is 6.42 Å². The van der Waals surface area contributed by atoms with E-state index in [0.717, 1.165) is 38.0 Å². The summed E-state index contributed by atoms with van der Waals surface area (Å²) in [7, 11) is 0. The first-order valence-corrected chi connectivity index (χ1v) is 7.52. The van der Waals surface area contributed by atoms with Gasteiger partial charge in [0.05, 0.1) is 6.42 Å². The van der Waals surface area contributed by atoms with Crippen LogP contribution in [-0.4, -0.2) is 25.5 Å². The van der Waals surface area contributed by atoms with Crippen LogP contribution in [0.25, 0.3) is 0 Å². The minimum Gasteiger partial charge on any atom is -0.355 e. The monoisotopic (exact) mass is 274 g/mol. The zero-order valence-corrected chi connectivity index (χ0v) is 12.9. The van der Waals surface area contributed by atoms with Crippen molar-refractivity contribution < 1.29 is 4.79 Å². The van der Waals surface area contributed by atoms with Crippen LogP contribution < -0.4 is 10.6 Å². The number of carbonyl (C=O) groups excluding carboxylic acids is 1. The molecule has 3 heteroatoms. The third-order valence-electron chi connectivity index (χ3n) is 4.46. The van der Waals surface area contributed by atoms with Crippen LogP contribution in [0.2, 0.25) is 0 Å². The third kappa shape index (κ3) is 4.07. The molecule has 1 heterocycles. The van der Waals surface area contributed by atoms with E-state index in [9.17, 15) is 4.79 Å². The standard InChI is InChI=1S/C17H26N2O/c1-13-4-5-15(10-14(13)2)11-16(20)19-12-17(3)6-8-18-9-7-17/h4-5,10,18H,6-9,11-12H2,1-3H3,(H,19,20). The molecule has 20 heavy (non-hydrogen) atoms. The lowest BCUT2D eigenvalue weighted by atomic mass is 9.81. The molecule has 1 saturated heterocycles. The van der Waals surface area contributed by atoms with Crippen molar-refractivity contribution in [2.24, 2.45) is 5.41 Å². The third-order valence-corrected chi connectivity index (χ3v) is 4.46. The normalized spacial score (nSPS) is 17.8. The molecule has 0 bridgehead atoms. The van der Waals surface area contributed by atoms with Crippen LogP contribution in [0, 0.1) is 19.3 Å². The van der Waals surface area contributed by atoms with Gasteiger partial charge in [0.25, 0.3) is 0 Å². The number of rotatable bonds is 4. The van der Waals surface area contributed by atoms with Crippen LogP contribution in [0.5, 0.6) is 0 Å². The van der Waals surface area contributed by atoms with Crippen molar-refractivity contribution in [3.63, 3.8) is 0 Å². The summed E-state index contributed by atoms with van der Waals surface area (Å²) in [5.74, 6) is 0.132. The Bertz CT molecular complexity index is 476. The van der Waals surface area contributed by atoms with Gasteiger partial charge in [-0.15, -0.1) is 0 Å². The molecule has 1 fully saturated rings. The minimum absolute atomic E-state index is 0.132. The van der Waals surface area contributed by atoms with Gasteiger partial charge in [-0.25, -0.2) is 0 Å². The molecule has 0 saturated carbocycles. The number of benzene rings is 1. The molecule has 1 aromatic carbocycles. The Morgan fingerprint density at radius 2 is 1.95 bits per heavy atom. The highest BCUT2D eigenvalue weighted by atomic mass is 16.1. The first-order chi connectivity index (χ1) is 9.48. The van der Waals surface area contributed by atoms with Gasteiger partial charge in [0.15, 0.2) is 0 Å². The molecule has 0 atom stereocenters. The van der Waals surface area contributed by atoms with E-state index in [1.165, 1.54) is 11.1 Å². The number of amides is 1. The summed E-state index contributed by atoms with van der Waals surface area (Å²) in [5.41, 5.74) is 3.88. The maximum absolute atomic E-state index is 12.1. The first-order valence-electron chi connectivity index (χ1n) is 7.52. The highest BCUT2D eigenvalue weighted by molar-refractivity contribution is 5.78. The minimum atomic E-state index is 0.132. The van der Waals surface area contributed by atoms with Crippen molar-refractivity contribution in [3.05, 3.63) is 34.9 Å². The van der Waals surface area contributed by atoms with Crippen LogP contribution in [0.3, 0.4) is 0 Å². The smallest absolute Gasteiger partial charge is 0.224 e.